The molecule has 2 unspecified atom stereocenters. The Kier molecular flexibility index (Phi) is 9.81. The second-order valence-electron chi connectivity index (χ2n) is 13.3. The maximum absolute atomic E-state index is 16.8. The van der Waals surface area contributed by atoms with E-state index < -0.39 is 5.82 Å². The molecule has 5 aromatic rings. The van der Waals surface area contributed by atoms with Crippen LogP contribution in [0.2, 0.25) is 10.0 Å². The molecule has 2 atom stereocenters. The van der Waals surface area contributed by atoms with E-state index >= 15 is 4.39 Å². The number of aromatic nitrogens is 4. The van der Waals surface area contributed by atoms with Crippen molar-refractivity contribution >= 4 is 50.9 Å². The largest absolute Gasteiger partial charge is 0.390 e. The number of pyridine rings is 1. The molecule has 3 fully saturated rings. The van der Waals surface area contributed by atoms with Crippen LogP contribution in [0.25, 0.3) is 32.9 Å². The Morgan fingerprint density at radius 1 is 1.14 bits per heavy atom. The third-order valence-electron chi connectivity index (χ3n) is 10.1. The van der Waals surface area contributed by atoms with Crippen molar-refractivity contribution in [2.24, 2.45) is 5.92 Å². The molecule has 1 saturated carbocycles. The van der Waals surface area contributed by atoms with Crippen molar-refractivity contribution in [1.82, 2.24) is 30.1 Å². The molecule has 8 rings (SSSR count). The molecule has 2 aliphatic heterocycles. The average molecular weight is 719 g/mol. The number of carbonyl (C=O) groups excluding carboxylic acids is 1. The van der Waals surface area contributed by atoms with Gasteiger partial charge in [-0.05, 0) is 82.7 Å². The predicted octanol–water partition coefficient (Wildman–Crippen LogP) is 7.55. The second kappa shape index (κ2) is 14.3. The summed E-state index contributed by atoms with van der Waals surface area (Å²) in [5.41, 5.74) is 5.77. The molecule has 260 valence electrons. The van der Waals surface area contributed by atoms with E-state index in [2.05, 4.69) is 41.9 Å². The van der Waals surface area contributed by atoms with Crippen LogP contribution >= 0.6 is 23.2 Å². The highest BCUT2D eigenvalue weighted by Gasteiger charge is 2.41. The number of aliphatic hydroxyl groups is 1. The minimum Gasteiger partial charge on any atom is -0.390 e. The SMILES string of the molecule is Cc1nc2c(F)c(-c3cccc(Cl)c3Cl)c(CCC#N)cc2c2c1cc(C1CCCN1C(=O)C1CC1)n2C1CCNC1.Cc1nonc1CO. The van der Waals surface area contributed by atoms with Gasteiger partial charge in [0.25, 0.3) is 0 Å². The number of hydrogen-bond acceptors (Lipinski definition) is 8. The predicted molar refractivity (Wildman–Crippen MR) is 189 cm³/mol. The van der Waals surface area contributed by atoms with Gasteiger partial charge in [0.15, 0.2) is 5.82 Å². The molecular formula is C37H38Cl2FN7O3. The number of likely N-dealkylation sites (tertiary alicyclic amines) is 1. The van der Waals surface area contributed by atoms with Crippen LogP contribution < -0.4 is 5.32 Å². The molecule has 0 radical (unpaired) electrons. The zero-order valence-corrected chi connectivity index (χ0v) is 29.5. The van der Waals surface area contributed by atoms with Gasteiger partial charge in [0.05, 0.1) is 34.3 Å². The monoisotopic (exact) mass is 717 g/mol. The van der Waals surface area contributed by atoms with Crippen molar-refractivity contribution in [3.63, 3.8) is 0 Å². The van der Waals surface area contributed by atoms with Gasteiger partial charge in [-0.2, -0.15) is 5.26 Å². The zero-order valence-electron chi connectivity index (χ0n) is 28.0. The minimum atomic E-state index is -0.458. The maximum Gasteiger partial charge on any atom is 0.226 e. The summed E-state index contributed by atoms with van der Waals surface area (Å²) in [6, 6.07) is 11.8. The molecule has 3 aromatic heterocycles. The molecule has 10 nitrogen and oxygen atoms in total. The Labute approximate surface area is 299 Å². The summed E-state index contributed by atoms with van der Waals surface area (Å²) in [5, 5.41) is 30.6. The van der Waals surface area contributed by atoms with Crippen LogP contribution in [-0.4, -0.2) is 55.4 Å². The molecule has 2 aromatic carbocycles. The summed E-state index contributed by atoms with van der Waals surface area (Å²) in [7, 11) is 0. The van der Waals surface area contributed by atoms with Gasteiger partial charge in [0.2, 0.25) is 5.91 Å². The van der Waals surface area contributed by atoms with Gasteiger partial charge in [-0.3, -0.25) is 4.79 Å². The first kappa shape index (κ1) is 34.4. The molecule has 5 heterocycles. The number of amides is 1. The Morgan fingerprint density at radius 3 is 2.62 bits per heavy atom. The first-order chi connectivity index (χ1) is 24.2. The van der Waals surface area contributed by atoms with Crippen LogP contribution in [0.4, 0.5) is 4.39 Å². The van der Waals surface area contributed by atoms with E-state index in [0.717, 1.165) is 79.4 Å². The first-order valence-corrected chi connectivity index (χ1v) is 17.9. The lowest BCUT2D eigenvalue weighted by Gasteiger charge is -2.28. The molecule has 13 heteroatoms. The number of benzene rings is 2. The molecule has 3 aliphatic rings. The normalized spacial score (nSPS) is 18.9. The van der Waals surface area contributed by atoms with E-state index in [1.807, 2.05) is 13.0 Å². The highest BCUT2D eigenvalue weighted by Crippen LogP contribution is 2.45. The Morgan fingerprint density at radius 2 is 1.96 bits per heavy atom. The summed E-state index contributed by atoms with van der Waals surface area (Å²) in [6.45, 7) is 6.04. The zero-order chi connectivity index (χ0) is 35.1. The fourth-order valence-corrected chi connectivity index (χ4v) is 7.88. The Bertz CT molecular complexity index is 2130. The number of nitriles is 1. The lowest BCUT2D eigenvalue weighted by atomic mass is 9.93. The summed E-state index contributed by atoms with van der Waals surface area (Å²) in [6.07, 6.45) is 5.40. The molecule has 2 saturated heterocycles. The van der Waals surface area contributed by atoms with Gasteiger partial charge in [0.1, 0.15) is 16.9 Å². The molecule has 1 amide bonds. The van der Waals surface area contributed by atoms with Crippen LogP contribution in [0.1, 0.15) is 78.9 Å². The maximum atomic E-state index is 16.8. The average Bonchev–Trinajstić information content (AvgIpc) is 3.50. The van der Waals surface area contributed by atoms with Crippen molar-refractivity contribution in [3.8, 4) is 17.2 Å². The van der Waals surface area contributed by atoms with Gasteiger partial charge in [-0.15, -0.1) is 0 Å². The minimum absolute atomic E-state index is 0.00648. The lowest BCUT2D eigenvalue weighted by Crippen LogP contribution is -2.33. The number of nitrogens with one attached hydrogen (secondary N) is 1. The summed E-state index contributed by atoms with van der Waals surface area (Å²) in [4.78, 5) is 20.3. The smallest absolute Gasteiger partial charge is 0.226 e. The van der Waals surface area contributed by atoms with E-state index in [9.17, 15) is 10.1 Å². The van der Waals surface area contributed by atoms with Crippen LogP contribution in [0.3, 0.4) is 0 Å². The van der Waals surface area contributed by atoms with Crippen molar-refractivity contribution in [2.45, 2.75) is 77.5 Å². The number of rotatable bonds is 7. The van der Waals surface area contributed by atoms with E-state index in [0.29, 0.717) is 39.5 Å². The highest BCUT2D eigenvalue weighted by molar-refractivity contribution is 6.43. The van der Waals surface area contributed by atoms with Gasteiger partial charge in [-0.25, -0.2) is 14.0 Å². The Balaban J connectivity index is 0.000000433. The van der Waals surface area contributed by atoms with E-state index in [1.165, 1.54) is 0 Å². The van der Waals surface area contributed by atoms with Crippen molar-refractivity contribution in [1.29, 1.82) is 5.26 Å². The number of halogens is 3. The van der Waals surface area contributed by atoms with E-state index in [-0.39, 0.29) is 47.5 Å². The lowest BCUT2D eigenvalue weighted by molar-refractivity contribution is -0.133. The molecule has 1 aliphatic carbocycles. The van der Waals surface area contributed by atoms with E-state index in [4.69, 9.17) is 33.3 Å². The second-order valence-corrected chi connectivity index (χ2v) is 14.1. The molecule has 2 N–H and O–H groups in total. The quantitative estimate of drug-likeness (QED) is 0.176. The highest BCUT2D eigenvalue weighted by atomic mass is 35.5. The number of fused-ring (bicyclic) bond motifs is 3. The number of aryl methyl sites for hydroxylation is 3. The third-order valence-corrected chi connectivity index (χ3v) is 11.0. The van der Waals surface area contributed by atoms with Gasteiger partial charge < -0.3 is 19.9 Å². The number of nitrogens with zero attached hydrogens (tertiary/aromatic N) is 6. The van der Waals surface area contributed by atoms with Crippen LogP contribution in [0, 0.1) is 36.9 Å². The van der Waals surface area contributed by atoms with Crippen molar-refractivity contribution in [3.05, 3.63) is 74.5 Å². The van der Waals surface area contributed by atoms with Crippen LogP contribution in [0.5, 0.6) is 0 Å². The van der Waals surface area contributed by atoms with E-state index in [1.54, 1.807) is 25.1 Å². The first-order valence-electron chi connectivity index (χ1n) is 17.1. The molecule has 50 heavy (non-hydrogen) atoms. The Hall–Kier alpha value is -4.08. The molecule has 0 bridgehead atoms. The van der Waals surface area contributed by atoms with Crippen LogP contribution in [0.15, 0.2) is 35.0 Å². The van der Waals surface area contributed by atoms with Gasteiger partial charge in [0, 0.05) is 64.8 Å². The number of aliphatic hydroxyl groups excluding tert-OH is 1. The summed E-state index contributed by atoms with van der Waals surface area (Å²) in [5.74, 6) is -0.0272. The standard InChI is InChI=1S/C33H32Cl2FN5O.C4H6N2O2/c1-18-23-16-27(26-8-4-14-40(26)33(42)19-9-10-19)41(21-11-13-38-17-21)32(23)24-15-20(5-3-12-37)28(30(36)31(24)39-18)22-6-2-7-25(34)29(22)35;1-3-4(2-7)6-8-5-3/h2,6-7,15-16,19,21,26,38H,3-5,8-11,13-14,17H2,1H3;7H,2H2,1H3. The number of hydrogen-bond donors (Lipinski definition) is 2. The van der Waals surface area contributed by atoms with Crippen molar-refractivity contribution < 1.29 is 18.9 Å². The number of carbonyl (C=O) groups is 1. The van der Waals surface area contributed by atoms with Gasteiger partial charge >= 0.3 is 0 Å². The molecular weight excluding hydrogens is 680 g/mol. The van der Waals surface area contributed by atoms with Gasteiger partial charge in [-0.1, -0.05) is 45.6 Å². The summed E-state index contributed by atoms with van der Waals surface area (Å²) >= 11 is 13.0. The third kappa shape index (κ3) is 6.23. The fourth-order valence-electron chi connectivity index (χ4n) is 7.49. The fraction of sp³-hybridized carbons (Fsp3) is 0.432. The topological polar surface area (TPSA) is 133 Å². The summed E-state index contributed by atoms with van der Waals surface area (Å²) < 4.78 is 23.5. The van der Waals surface area contributed by atoms with Crippen LogP contribution in [-0.2, 0) is 17.8 Å². The molecule has 0 spiro atoms. The van der Waals surface area contributed by atoms with Crippen molar-refractivity contribution in [2.75, 3.05) is 19.6 Å².